The van der Waals surface area contributed by atoms with E-state index >= 15 is 0 Å². The first-order chi connectivity index (χ1) is 55.5. The highest BCUT2D eigenvalue weighted by Gasteiger charge is 2.51. The Morgan fingerprint density at radius 1 is 0.513 bits per heavy atom. The standard InChI is InChI=1S/C27H39N7O.C18H29BN2O2.C15H22BrN5O.C9H12BrN5.C6H5BrN4S.C6H11ClO/c1-3-4-13-28-27-29-18-24-25(31-34(26(24)30-27)22-9-11-23(35)12-10-22)21-7-5-20(6-8-21)19-33-16-14-32(2)15-17-33;1-17(2)18(3,4)23-19(22-17)16-8-6-15(7-9-16)14-21-12-10-20(5)11-13-21;1-2-3-8-17-15-18-9-12-13(16)20-21(14(12)19-15)10-4-6-11(22)7-5-10;1-2-3-4-11-9-12-5-6-7(10)14-15-8(6)13-9;1-12-6-8-2-3-4(7)10-11-5(3)9-6;7-5-1-3-6(8)4-2-5/h5-8,18,22-23,35H,3-4,9-17,19H2,1-2H3,(H,28,29,30);6-9H,10-14H2,1-5H3;9-11,22H,2-8H2,1H3,(H,17,18,19);5H,2-4H2,1H3,(H2,11,12,13,14,15);2H,1H3,(H,8,9,10,11);5-6,8H,1-4H2. The van der Waals surface area contributed by atoms with Gasteiger partial charge in [0.2, 0.25) is 17.8 Å². The zero-order valence-electron chi connectivity index (χ0n) is 68.5. The summed E-state index contributed by atoms with van der Waals surface area (Å²) in [4.78, 5) is 45.1. The van der Waals surface area contributed by atoms with Crippen LogP contribution >= 0.6 is 71.2 Å². The van der Waals surface area contributed by atoms with Crippen LogP contribution in [0.4, 0.5) is 17.8 Å². The number of aromatic nitrogens is 16. The molecule has 115 heavy (non-hydrogen) atoms. The SMILES string of the molecule is CCCCNc1ncc2c(-c3ccc(CN4CCN(C)CC4)cc3)nn(C3CCC(O)CC3)c2n1.CCCCNc1ncc2c(Br)[nH]nc2n1.CCCCNc1ncc2c(Br)nn(C3CCC(O)CC3)c2n1.CN1CCN(Cc2ccc(B3OC(C)(C)C(C)(C)O3)cc2)CC1.CSc1ncc2c(Br)[nH]nc2n1.OC1CCC(Cl)CC1. The summed E-state index contributed by atoms with van der Waals surface area (Å²) in [5, 5.41) is 66.6. The van der Waals surface area contributed by atoms with E-state index in [2.05, 4.69) is 259 Å². The minimum absolute atomic E-state index is 0.0648. The van der Waals surface area contributed by atoms with E-state index in [1.165, 1.54) is 22.9 Å². The van der Waals surface area contributed by atoms with Gasteiger partial charge in [-0.25, -0.2) is 34.3 Å². The number of thioether (sulfide) groups is 1. The second-order valence-corrected chi connectivity index (χ2v) is 35.6. The molecule has 0 amide bonds. The Morgan fingerprint density at radius 2 is 0.913 bits per heavy atom. The molecule has 3 saturated carbocycles. The summed E-state index contributed by atoms with van der Waals surface area (Å²) >= 11 is 17.4. The van der Waals surface area contributed by atoms with Crippen LogP contribution in [0.3, 0.4) is 0 Å². The summed E-state index contributed by atoms with van der Waals surface area (Å²) in [6.07, 6.45) is 26.3. The molecule has 6 aliphatic rings. The van der Waals surface area contributed by atoms with E-state index in [4.69, 9.17) is 36.1 Å². The molecule has 10 aromatic rings. The lowest BCUT2D eigenvalue weighted by Crippen LogP contribution is -2.43. The number of benzene rings is 2. The molecule has 0 radical (unpaired) electrons. The van der Waals surface area contributed by atoms with Gasteiger partial charge < -0.3 is 50.4 Å². The highest BCUT2D eigenvalue weighted by molar-refractivity contribution is 9.11. The molecule has 16 rings (SSSR count). The van der Waals surface area contributed by atoms with Gasteiger partial charge in [-0.1, -0.05) is 100 Å². The van der Waals surface area contributed by atoms with Gasteiger partial charge in [-0.2, -0.15) is 35.3 Å². The van der Waals surface area contributed by atoms with E-state index in [1.54, 1.807) is 12.4 Å². The third kappa shape index (κ3) is 25.4. The number of rotatable bonds is 21. The van der Waals surface area contributed by atoms with E-state index in [0.29, 0.717) is 40.6 Å². The minimum Gasteiger partial charge on any atom is -0.399 e. The van der Waals surface area contributed by atoms with Crippen LogP contribution in [0.15, 0.2) is 92.3 Å². The lowest BCUT2D eigenvalue weighted by Gasteiger charge is -2.32. The molecule has 8 N–H and O–H groups in total. The number of unbranched alkanes of at least 4 members (excludes halogenated alkanes) is 3. The number of halogens is 4. The number of H-pyrrole nitrogens is 2. The summed E-state index contributed by atoms with van der Waals surface area (Å²) in [5.74, 6) is 1.96. The van der Waals surface area contributed by atoms with Crippen LogP contribution in [-0.2, 0) is 22.4 Å². The van der Waals surface area contributed by atoms with E-state index in [1.807, 2.05) is 23.3 Å². The van der Waals surface area contributed by atoms with Crippen LogP contribution in [-0.4, -0.2) is 249 Å². The van der Waals surface area contributed by atoms with Crippen molar-refractivity contribution in [1.29, 1.82) is 0 Å². The van der Waals surface area contributed by atoms with E-state index < -0.39 is 0 Å². The number of aliphatic hydroxyl groups excluding tert-OH is 3. The zero-order chi connectivity index (χ0) is 81.6. The van der Waals surface area contributed by atoms with Crippen LogP contribution in [0, 0.1) is 0 Å². The third-order valence-corrected chi connectivity index (χ3v) is 25.2. The molecular weight excluding hydrogens is 1690 g/mol. The molecule has 34 heteroatoms. The third-order valence-electron chi connectivity index (χ3n) is 22.4. The molecule has 8 aromatic heterocycles. The Morgan fingerprint density at radius 3 is 1.37 bits per heavy atom. The Labute approximate surface area is 711 Å². The molecule has 0 unspecified atom stereocenters. The topological polar surface area (TPSA) is 324 Å². The van der Waals surface area contributed by atoms with Gasteiger partial charge in [0.1, 0.15) is 19.5 Å². The summed E-state index contributed by atoms with van der Waals surface area (Å²) in [7, 11) is 4.12. The van der Waals surface area contributed by atoms with Gasteiger partial charge in [0.15, 0.2) is 27.7 Å². The van der Waals surface area contributed by atoms with Gasteiger partial charge in [0.25, 0.3) is 0 Å². The van der Waals surface area contributed by atoms with Gasteiger partial charge >= 0.3 is 7.12 Å². The lowest BCUT2D eigenvalue weighted by atomic mass is 9.79. The molecule has 3 aliphatic carbocycles. The number of nitrogens with one attached hydrogen (secondary N) is 5. The first-order valence-corrected chi connectivity index (χ1v) is 45.2. The lowest BCUT2D eigenvalue weighted by molar-refractivity contribution is 0.00578. The second kappa shape index (κ2) is 43.7. The van der Waals surface area contributed by atoms with E-state index in [0.717, 1.165) is 269 Å². The highest BCUT2D eigenvalue weighted by atomic mass is 79.9. The van der Waals surface area contributed by atoms with Crippen molar-refractivity contribution in [2.45, 2.75) is 229 Å². The summed E-state index contributed by atoms with van der Waals surface area (Å²) in [6, 6.07) is 18.1. The molecule has 28 nitrogen and oxygen atoms in total. The number of aromatic amines is 2. The van der Waals surface area contributed by atoms with Crippen molar-refractivity contribution in [1.82, 2.24) is 99.4 Å². The fourth-order valence-electron chi connectivity index (χ4n) is 14.3. The predicted octanol–water partition coefficient (Wildman–Crippen LogP) is 14.6. The number of hydrogen-bond acceptors (Lipinski definition) is 25. The zero-order valence-corrected chi connectivity index (χ0v) is 74.8. The average Bonchev–Trinajstić information content (AvgIpc) is 1.73. The maximum absolute atomic E-state index is 10.0. The first-order valence-electron chi connectivity index (χ1n) is 41.2. The molecule has 11 heterocycles. The Balaban J connectivity index is 0.000000144. The van der Waals surface area contributed by atoms with Crippen LogP contribution in [0.25, 0.3) is 55.4 Å². The molecule has 0 atom stereocenters. The van der Waals surface area contributed by atoms with Crippen molar-refractivity contribution < 1.29 is 24.6 Å². The minimum atomic E-state index is -0.282. The number of likely N-dealkylation sites (N-methyl/N-ethyl adjacent to an activating group) is 2. The number of alkyl halides is 1. The molecule has 3 saturated heterocycles. The molecule has 2 aromatic carbocycles. The summed E-state index contributed by atoms with van der Waals surface area (Å²) in [5.41, 5.74) is 8.39. The van der Waals surface area contributed by atoms with Crippen LogP contribution < -0.4 is 21.4 Å². The monoisotopic (exact) mass is 1810 g/mol. The van der Waals surface area contributed by atoms with Crippen LogP contribution in [0.1, 0.15) is 187 Å². The van der Waals surface area contributed by atoms with E-state index in [9.17, 15) is 10.2 Å². The Hall–Kier alpha value is -6.18. The first kappa shape index (κ1) is 89.6. The Bertz CT molecular complexity index is 4580. The fourth-order valence-corrected chi connectivity index (χ4v) is 16.0. The quantitative estimate of drug-likeness (QED) is 0.0109. The number of nitrogens with zero attached hydrogens (tertiary/aromatic N) is 18. The van der Waals surface area contributed by atoms with Crippen molar-refractivity contribution in [3.63, 3.8) is 0 Å². The van der Waals surface area contributed by atoms with Gasteiger partial charge in [-0.05, 0) is 209 Å². The van der Waals surface area contributed by atoms with Gasteiger partial charge in [0, 0.05) is 121 Å². The smallest absolute Gasteiger partial charge is 0.399 e. The predicted molar refractivity (Wildman–Crippen MR) is 473 cm³/mol. The fraction of sp³-hybridized carbons (Fsp3) is 0.605. The summed E-state index contributed by atoms with van der Waals surface area (Å²) in [6.45, 7) is 28.6. The molecular formula is C81H118BBr3ClN23O5S. The molecule has 0 spiro atoms. The Kier molecular flexibility index (Phi) is 34.0. The number of anilines is 3. The normalized spacial score (nSPS) is 21.2. The second-order valence-electron chi connectivity index (χ2n) is 31.8. The van der Waals surface area contributed by atoms with Crippen molar-refractivity contribution in [2.24, 2.45) is 0 Å². The number of aliphatic hydroxyl groups is 3. The van der Waals surface area contributed by atoms with Gasteiger partial charge in [-0.3, -0.25) is 20.0 Å². The van der Waals surface area contributed by atoms with Crippen molar-refractivity contribution in [3.8, 4) is 11.3 Å². The largest absolute Gasteiger partial charge is 0.494 e. The van der Waals surface area contributed by atoms with Crippen LogP contribution in [0.2, 0.25) is 0 Å². The maximum atomic E-state index is 10.0. The van der Waals surface area contributed by atoms with E-state index in [-0.39, 0.29) is 42.7 Å². The molecule has 0 bridgehead atoms. The molecule has 624 valence electrons. The number of piperazine rings is 2. The number of fused-ring (bicyclic) bond motifs is 4. The van der Waals surface area contributed by atoms with Gasteiger partial charge in [0.05, 0.1) is 63.1 Å². The van der Waals surface area contributed by atoms with Gasteiger partial charge in [-0.15, -0.1) is 11.6 Å². The van der Waals surface area contributed by atoms with Crippen molar-refractivity contribution in [2.75, 3.05) is 108 Å². The van der Waals surface area contributed by atoms with Crippen molar-refractivity contribution >= 4 is 146 Å². The summed E-state index contributed by atoms with van der Waals surface area (Å²) < 4.78 is 18.8. The van der Waals surface area contributed by atoms with Crippen LogP contribution in [0.5, 0.6) is 0 Å². The molecule has 3 aliphatic heterocycles. The molecule has 6 fully saturated rings. The van der Waals surface area contributed by atoms with Crippen molar-refractivity contribution in [3.05, 3.63) is 98.3 Å². The average molecular weight is 1810 g/mol. The maximum Gasteiger partial charge on any atom is 0.494 e. The highest BCUT2D eigenvalue weighted by Crippen LogP contribution is 2.39. The number of hydrogen-bond donors (Lipinski definition) is 8.